The van der Waals surface area contributed by atoms with Crippen molar-refractivity contribution < 1.29 is 4.74 Å². The van der Waals surface area contributed by atoms with E-state index in [1.54, 1.807) is 6.20 Å². The molecule has 18 heavy (non-hydrogen) atoms. The zero-order valence-electron chi connectivity index (χ0n) is 10.4. The van der Waals surface area contributed by atoms with Crippen LogP contribution in [0.15, 0.2) is 41.0 Å². The molecule has 0 atom stereocenters. The van der Waals surface area contributed by atoms with Gasteiger partial charge in [0.25, 0.3) is 0 Å². The molecule has 1 heterocycles. The van der Waals surface area contributed by atoms with E-state index in [1.165, 1.54) is 5.56 Å². The van der Waals surface area contributed by atoms with Crippen LogP contribution in [0.3, 0.4) is 0 Å². The van der Waals surface area contributed by atoms with Crippen LogP contribution >= 0.6 is 15.9 Å². The highest BCUT2D eigenvalue weighted by Gasteiger charge is 2.04. The van der Waals surface area contributed by atoms with Crippen molar-refractivity contribution in [1.29, 1.82) is 0 Å². The van der Waals surface area contributed by atoms with E-state index >= 15 is 0 Å². The van der Waals surface area contributed by atoms with Crippen molar-refractivity contribution in [3.8, 4) is 11.6 Å². The second-order valence-electron chi connectivity index (χ2n) is 4.07. The van der Waals surface area contributed by atoms with Crippen LogP contribution in [0.5, 0.6) is 11.6 Å². The van der Waals surface area contributed by atoms with E-state index in [0.717, 1.165) is 22.3 Å². The predicted molar refractivity (Wildman–Crippen MR) is 76.0 cm³/mol. The van der Waals surface area contributed by atoms with E-state index in [0.29, 0.717) is 5.88 Å². The number of nitrogens with zero attached hydrogens (tertiary/aromatic N) is 1. The van der Waals surface area contributed by atoms with Crippen molar-refractivity contribution >= 4 is 15.9 Å². The standard InChI is InChI=1S/C14H15BrN2O/c1-10-3-4-13(12(15)7-10)18-14-8-11(9-16-2)5-6-17-14/h3-8,16H,9H2,1-2H3. The molecule has 4 heteroatoms. The Morgan fingerprint density at radius 2 is 2.11 bits per heavy atom. The molecular formula is C14H15BrN2O. The summed E-state index contributed by atoms with van der Waals surface area (Å²) in [6.45, 7) is 2.84. The predicted octanol–water partition coefficient (Wildman–Crippen LogP) is 3.66. The Hall–Kier alpha value is -1.39. The molecule has 2 aromatic rings. The summed E-state index contributed by atoms with van der Waals surface area (Å²) in [5, 5.41) is 3.10. The lowest BCUT2D eigenvalue weighted by Crippen LogP contribution is -2.05. The maximum absolute atomic E-state index is 5.77. The maximum Gasteiger partial charge on any atom is 0.219 e. The summed E-state index contributed by atoms with van der Waals surface area (Å²) in [5.74, 6) is 1.38. The number of rotatable bonds is 4. The van der Waals surface area contributed by atoms with Gasteiger partial charge in [0.2, 0.25) is 5.88 Å². The molecule has 94 valence electrons. The van der Waals surface area contributed by atoms with Crippen LogP contribution in [0.2, 0.25) is 0 Å². The molecule has 3 nitrogen and oxygen atoms in total. The fourth-order valence-electron chi connectivity index (χ4n) is 1.62. The molecule has 0 unspecified atom stereocenters. The molecule has 0 spiro atoms. The van der Waals surface area contributed by atoms with Gasteiger partial charge in [-0.1, -0.05) is 6.07 Å². The summed E-state index contributed by atoms with van der Waals surface area (Å²) < 4.78 is 6.70. The first-order valence-corrected chi connectivity index (χ1v) is 6.52. The minimum absolute atomic E-state index is 0.604. The SMILES string of the molecule is CNCc1ccnc(Oc2ccc(C)cc2Br)c1. The van der Waals surface area contributed by atoms with Crippen LogP contribution in [-0.2, 0) is 6.54 Å². The Labute approximate surface area is 115 Å². The Morgan fingerprint density at radius 3 is 2.83 bits per heavy atom. The lowest BCUT2D eigenvalue weighted by Gasteiger charge is -2.08. The molecule has 1 aromatic heterocycles. The second-order valence-corrected chi connectivity index (χ2v) is 4.92. The third-order valence-electron chi connectivity index (χ3n) is 2.48. The van der Waals surface area contributed by atoms with Gasteiger partial charge in [-0.25, -0.2) is 4.98 Å². The summed E-state index contributed by atoms with van der Waals surface area (Å²) in [4.78, 5) is 4.21. The number of hydrogen-bond donors (Lipinski definition) is 1. The van der Waals surface area contributed by atoms with Gasteiger partial charge in [0.1, 0.15) is 5.75 Å². The molecule has 0 radical (unpaired) electrons. The number of benzene rings is 1. The molecule has 0 aliphatic carbocycles. The number of pyridine rings is 1. The molecule has 0 saturated heterocycles. The van der Waals surface area contributed by atoms with E-state index in [1.807, 2.05) is 44.3 Å². The molecule has 0 amide bonds. The van der Waals surface area contributed by atoms with Crippen molar-refractivity contribution in [1.82, 2.24) is 10.3 Å². The highest BCUT2D eigenvalue weighted by Crippen LogP contribution is 2.29. The van der Waals surface area contributed by atoms with E-state index in [9.17, 15) is 0 Å². The third kappa shape index (κ3) is 3.31. The Balaban J connectivity index is 2.20. The summed E-state index contributed by atoms with van der Waals surface area (Å²) in [7, 11) is 1.91. The highest BCUT2D eigenvalue weighted by atomic mass is 79.9. The Morgan fingerprint density at radius 1 is 1.28 bits per heavy atom. The van der Waals surface area contributed by atoms with Crippen LogP contribution in [0, 0.1) is 6.92 Å². The van der Waals surface area contributed by atoms with Gasteiger partial charge in [0, 0.05) is 18.8 Å². The smallest absolute Gasteiger partial charge is 0.219 e. The molecule has 0 saturated carbocycles. The highest BCUT2D eigenvalue weighted by molar-refractivity contribution is 9.10. The molecule has 0 bridgehead atoms. The van der Waals surface area contributed by atoms with Gasteiger partial charge >= 0.3 is 0 Å². The van der Waals surface area contributed by atoms with E-state index in [-0.39, 0.29) is 0 Å². The average molecular weight is 307 g/mol. The Kier molecular flexibility index (Phi) is 4.33. The van der Waals surface area contributed by atoms with Crippen LogP contribution in [-0.4, -0.2) is 12.0 Å². The molecule has 2 rings (SSSR count). The zero-order valence-corrected chi connectivity index (χ0v) is 12.0. The van der Waals surface area contributed by atoms with Crippen LogP contribution < -0.4 is 10.1 Å². The minimum Gasteiger partial charge on any atom is -0.438 e. The fraction of sp³-hybridized carbons (Fsp3) is 0.214. The molecule has 0 aliphatic rings. The van der Waals surface area contributed by atoms with Crippen molar-refractivity contribution in [2.45, 2.75) is 13.5 Å². The van der Waals surface area contributed by atoms with Gasteiger partial charge in [0.05, 0.1) is 4.47 Å². The van der Waals surface area contributed by atoms with E-state index in [2.05, 4.69) is 26.2 Å². The van der Waals surface area contributed by atoms with Crippen molar-refractivity contribution in [2.75, 3.05) is 7.05 Å². The van der Waals surface area contributed by atoms with Crippen LogP contribution in [0.1, 0.15) is 11.1 Å². The molecular weight excluding hydrogens is 292 g/mol. The normalized spacial score (nSPS) is 10.4. The molecule has 1 N–H and O–H groups in total. The van der Waals surface area contributed by atoms with Gasteiger partial charge in [0.15, 0.2) is 0 Å². The molecule has 1 aromatic carbocycles. The monoisotopic (exact) mass is 306 g/mol. The summed E-state index contributed by atoms with van der Waals surface area (Å²) in [6, 6.07) is 9.87. The van der Waals surface area contributed by atoms with Crippen molar-refractivity contribution in [3.63, 3.8) is 0 Å². The average Bonchev–Trinajstić information content (AvgIpc) is 2.34. The van der Waals surface area contributed by atoms with E-state index in [4.69, 9.17) is 4.74 Å². The van der Waals surface area contributed by atoms with Crippen LogP contribution in [0.4, 0.5) is 0 Å². The lowest BCUT2D eigenvalue weighted by atomic mass is 10.2. The van der Waals surface area contributed by atoms with E-state index < -0.39 is 0 Å². The topological polar surface area (TPSA) is 34.2 Å². The first-order chi connectivity index (χ1) is 8.69. The summed E-state index contributed by atoms with van der Waals surface area (Å²) in [6.07, 6.45) is 1.75. The molecule has 0 fully saturated rings. The van der Waals surface area contributed by atoms with Crippen LogP contribution in [0.25, 0.3) is 0 Å². The fourth-order valence-corrected chi connectivity index (χ4v) is 2.20. The maximum atomic E-state index is 5.77. The Bertz CT molecular complexity index is 543. The first-order valence-electron chi connectivity index (χ1n) is 5.72. The molecule has 0 aliphatic heterocycles. The number of ether oxygens (including phenoxy) is 1. The quantitative estimate of drug-likeness (QED) is 0.936. The number of aromatic nitrogens is 1. The third-order valence-corrected chi connectivity index (χ3v) is 3.10. The number of aryl methyl sites for hydroxylation is 1. The van der Waals surface area contributed by atoms with Gasteiger partial charge in [-0.05, 0) is 59.2 Å². The second kappa shape index (κ2) is 5.98. The minimum atomic E-state index is 0.604. The van der Waals surface area contributed by atoms with Gasteiger partial charge in [-0.2, -0.15) is 0 Å². The number of hydrogen-bond acceptors (Lipinski definition) is 3. The van der Waals surface area contributed by atoms with Gasteiger partial charge in [-0.3, -0.25) is 0 Å². The largest absolute Gasteiger partial charge is 0.438 e. The van der Waals surface area contributed by atoms with Crippen molar-refractivity contribution in [3.05, 3.63) is 52.1 Å². The zero-order chi connectivity index (χ0) is 13.0. The first kappa shape index (κ1) is 13.1. The van der Waals surface area contributed by atoms with Gasteiger partial charge in [-0.15, -0.1) is 0 Å². The summed E-state index contributed by atoms with van der Waals surface area (Å²) in [5.41, 5.74) is 2.33. The summed E-state index contributed by atoms with van der Waals surface area (Å²) >= 11 is 3.49. The number of halogens is 1. The van der Waals surface area contributed by atoms with Crippen molar-refractivity contribution in [2.24, 2.45) is 0 Å². The number of nitrogens with one attached hydrogen (secondary N) is 1. The van der Waals surface area contributed by atoms with Gasteiger partial charge < -0.3 is 10.1 Å². The lowest BCUT2D eigenvalue weighted by molar-refractivity contribution is 0.459.